The molecule has 0 fully saturated rings. The van der Waals surface area contributed by atoms with Gasteiger partial charge in [0.2, 0.25) is 5.91 Å². The Kier molecular flexibility index (Phi) is 5.85. The number of furan rings is 1. The molecular weight excluding hydrogens is 380 g/mol. The third-order valence-electron chi connectivity index (χ3n) is 3.78. The maximum atomic E-state index is 12.3. The molecule has 2 aromatic heterocycles. The standard InChI is InChI=1S/C19H18N4O4S/c1-11-2-7-15(27-11)19-23-14(10-28-19)18(26)21-8-12-3-5-13(6-4-12)17(25)22-9-16(20)24/h2-7,10H,8-9H2,1H3,(H2,20,24)(H,21,26)(H,22,25). The lowest BCUT2D eigenvalue weighted by Crippen LogP contribution is -2.33. The number of hydrogen-bond acceptors (Lipinski definition) is 6. The average molecular weight is 398 g/mol. The zero-order valence-corrected chi connectivity index (χ0v) is 15.8. The lowest BCUT2D eigenvalue weighted by molar-refractivity contribution is -0.117. The fourth-order valence-electron chi connectivity index (χ4n) is 2.36. The van der Waals surface area contributed by atoms with E-state index in [1.807, 2.05) is 19.1 Å². The van der Waals surface area contributed by atoms with Crippen molar-refractivity contribution in [3.63, 3.8) is 0 Å². The number of aromatic nitrogens is 1. The normalized spacial score (nSPS) is 10.5. The van der Waals surface area contributed by atoms with Crippen LogP contribution in [0.15, 0.2) is 46.2 Å². The predicted molar refractivity (Wildman–Crippen MR) is 104 cm³/mol. The van der Waals surface area contributed by atoms with Gasteiger partial charge in [0.05, 0.1) is 6.54 Å². The molecule has 4 N–H and O–H groups in total. The molecule has 0 saturated carbocycles. The van der Waals surface area contributed by atoms with Crippen molar-refractivity contribution in [2.45, 2.75) is 13.5 Å². The molecule has 0 saturated heterocycles. The van der Waals surface area contributed by atoms with Crippen molar-refractivity contribution < 1.29 is 18.8 Å². The van der Waals surface area contributed by atoms with Crippen LogP contribution in [0.3, 0.4) is 0 Å². The first kappa shape index (κ1) is 19.3. The van der Waals surface area contributed by atoms with E-state index in [-0.39, 0.29) is 19.0 Å². The van der Waals surface area contributed by atoms with Gasteiger partial charge in [0.25, 0.3) is 11.8 Å². The van der Waals surface area contributed by atoms with Crippen molar-refractivity contribution in [3.05, 3.63) is 64.4 Å². The van der Waals surface area contributed by atoms with Crippen LogP contribution >= 0.6 is 11.3 Å². The van der Waals surface area contributed by atoms with Crippen LogP contribution in [0.2, 0.25) is 0 Å². The summed E-state index contributed by atoms with van der Waals surface area (Å²) in [7, 11) is 0. The SMILES string of the molecule is Cc1ccc(-c2nc(C(=O)NCc3ccc(C(=O)NCC(N)=O)cc3)cs2)o1. The summed E-state index contributed by atoms with van der Waals surface area (Å²) in [6.07, 6.45) is 0. The molecule has 144 valence electrons. The van der Waals surface area contributed by atoms with E-state index in [1.54, 1.807) is 29.6 Å². The highest BCUT2D eigenvalue weighted by atomic mass is 32.1. The first-order valence-corrected chi connectivity index (χ1v) is 9.26. The molecule has 9 heteroatoms. The molecule has 8 nitrogen and oxygen atoms in total. The number of nitrogens with zero attached hydrogens (tertiary/aromatic N) is 1. The summed E-state index contributed by atoms with van der Waals surface area (Å²) in [6.45, 7) is 1.91. The Balaban J connectivity index is 1.55. The Morgan fingerprint density at radius 2 is 1.82 bits per heavy atom. The van der Waals surface area contributed by atoms with E-state index in [0.29, 0.717) is 22.0 Å². The number of carbonyl (C=O) groups excluding carboxylic acids is 3. The van der Waals surface area contributed by atoms with E-state index in [9.17, 15) is 14.4 Å². The van der Waals surface area contributed by atoms with Gasteiger partial charge in [-0.2, -0.15) is 0 Å². The van der Waals surface area contributed by atoms with Crippen LogP contribution in [0.1, 0.15) is 32.2 Å². The Bertz CT molecular complexity index is 1010. The van der Waals surface area contributed by atoms with E-state index in [0.717, 1.165) is 11.3 Å². The maximum absolute atomic E-state index is 12.3. The Hall–Kier alpha value is -3.46. The number of nitrogens with one attached hydrogen (secondary N) is 2. The van der Waals surface area contributed by atoms with Gasteiger partial charge in [0.15, 0.2) is 10.8 Å². The summed E-state index contributed by atoms with van der Waals surface area (Å²) in [4.78, 5) is 39.1. The van der Waals surface area contributed by atoms with Gasteiger partial charge in [-0.25, -0.2) is 4.98 Å². The van der Waals surface area contributed by atoms with Gasteiger partial charge in [-0.1, -0.05) is 12.1 Å². The van der Waals surface area contributed by atoms with Crippen molar-refractivity contribution >= 4 is 29.1 Å². The van der Waals surface area contributed by atoms with Crippen LogP contribution in [-0.2, 0) is 11.3 Å². The topological polar surface area (TPSA) is 127 Å². The summed E-state index contributed by atoms with van der Waals surface area (Å²) in [5.74, 6) is 0.112. The highest BCUT2D eigenvalue weighted by Gasteiger charge is 2.14. The second-order valence-corrected chi connectivity index (χ2v) is 6.83. The van der Waals surface area contributed by atoms with Crippen molar-refractivity contribution in [1.82, 2.24) is 15.6 Å². The van der Waals surface area contributed by atoms with Gasteiger partial charge < -0.3 is 20.8 Å². The minimum absolute atomic E-state index is 0.218. The van der Waals surface area contributed by atoms with E-state index in [1.165, 1.54) is 11.3 Å². The summed E-state index contributed by atoms with van der Waals surface area (Å²) in [5, 5.41) is 7.51. The average Bonchev–Trinajstić information content (AvgIpc) is 3.33. The van der Waals surface area contributed by atoms with Crippen molar-refractivity contribution in [3.8, 4) is 10.8 Å². The minimum atomic E-state index is -0.611. The van der Waals surface area contributed by atoms with Crippen molar-refractivity contribution in [1.29, 1.82) is 0 Å². The second-order valence-electron chi connectivity index (χ2n) is 5.98. The lowest BCUT2D eigenvalue weighted by Gasteiger charge is -2.06. The Labute approximate surface area is 164 Å². The first-order valence-electron chi connectivity index (χ1n) is 8.38. The Morgan fingerprint density at radius 1 is 1.07 bits per heavy atom. The molecule has 0 spiro atoms. The summed E-state index contributed by atoms with van der Waals surface area (Å²) < 4.78 is 5.51. The van der Waals surface area contributed by atoms with E-state index in [2.05, 4.69) is 15.6 Å². The third-order valence-corrected chi connectivity index (χ3v) is 4.64. The molecular formula is C19H18N4O4S. The van der Waals surface area contributed by atoms with E-state index < -0.39 is 11.8 Å². The van der Waals surface area contributed by atoms with Crippen LogP contribution in [0.5, 0.6) is 0 Å². The lowest BCUT2D eigenvalue weighted by atomic mass is 10.1. The smallest absolute Gasteiger partial charge is 0.271 e. The van der Waals surface area contributed by atoms with Gasteiger partial charge in [0.1, 0.15) is 11.5 Å². The van der Waals surface area contributed by atoms with Crippen LogP contribution in [-0.4, -0.2) is 29.3 Å². The van der Waals surface area contributed by atoms with Gasteiger partial charge in [0, 0.05) is 17.5 Å². The predicted octanol–water partition coefficient (Wildman–Crippen LogP) is 1.86. The Morgan fingerprint density at radius 3 is 2.46 bits per heavy atom. The fraction of sp³-hybridized carbons (Fsp3) is 0.158. The highest BCUT2D eigenvalue weighted by molar-refractivity contribution is 7.13. The van der Waals surface area contributed by atoms with Crippen LogP contribution in [0.25, 0.3) is 10.8 Å². The number of carbonyl (C=O) groups is 3. The summed E-state index contributed by atoms with van der Waals surface area (Å²) in [6, 6.07) is 10.3. The fourth-order valence-corrected chi connectivity index (χ4v) is 3.12. The van der Waals surface area contributed by atoms with Gasteiger partial charge in [-0.05, 0) is 36.8 Å². The van der Waals surface area contributed by atoms with Gasteiger partial charge in [-0.15, -0.1) is 11.3 Å². The number of rotatable bonds is 7. The van der Waals surface area contributed by atoms with Crippen LogP contribution in [0, 0.1) is 6.92 Å². The van der Waals surface area contributed by atoms with Crippen LogP contribution in [0.4, 0.5) is 0 Å². The molecule has 1 aromatic carbocycles. The number of hydrogen-bond donors (Lipinski definition) is 3. The minimum Gasteiger partial charge on any atom is -0.459 e. The molecule has 0 aliphatic rings. The van der Waals surface area contributed by atoms with E-state index >= 15 is 0 Å². The second kappa shape index (κ2) is 8.49. The quantitative estimate of drug-likeness (QED) is 0.560. The highest BCUT2D eigenvalue weighted by Crippen LogP contribution is 2.25. The molecule has 0 atom stereocenters. The van der Waals surface area contributed by atoms with Gasteiger partial charge in [-0.3, -0.25) is 14.4 Å². The molecule has 0 radical (unpaired) electrons. The van der Waals surface area contributed by atoms with Crippen molar-refractivity contribution in [2.75, 3.05) is 6.54 Å². The summed E-state index contributed by atoms with van der Waals surface area (Å²) in [5.41, 5.74) is 6.52. The third kappa shape index (κ3) is 4.83. The van der Waals surface area contributed by atoms with Crippen molar-refractivity contribution in [2.24, 2.45) is 5.73 Å². The monoisotopic (exact) mass is 398 g/mol. The molecule has 2 heterocycles. The van der Waals surface area contributed by atoms with E-state index in [4.69, 9.17) is 10.2 Å². The molecule has 3 rings (SSSR count). The molecule has 3 aromatic rings. The molecule has 0 unspecified atom stereocenters. The maximum Gasteiger partial charge on any atom is 0.271 e. The number of benzene rings is 1. The zero-order chi connectivity index (χ0) is 20.1. The molecule has 28 heavy (non-hydrogen) atoms. The summed E-state index contributed by atoms with van der Waals surface area (Å²) >= 11 is 1.33. The number of amides is 3. The van der Waals surface area contributed by atoms with Gasteiger partial charge >= 0.3 is 0 Å². The number of primary amides is 1. The first-order chi connectivity index (χ1) is 13.4. The molecule has 0 bridgehead atoms. The zero-order valence-electron chi connectivity index (χ0n) is 15.0. The number of aryl methyl sites for hydroxylation is 1. The molecule has 3 amide bonds. The van der Waals surface area contributed by atoms with Crippen LogP contribution < -0.4 is 16.4 Å². The number of thiazole rings is 1. The number of nitrogens with two attached hydrogens (primary N) is 1. The largest absolute Gasteiger partial charge is 0.459 e. The molecule has 0 aliphatic heterocycles. The molecule has 0 aliphatic carbocycles.